The first-order valence-electron chi connectivity index (χ1n) is 6.46. The van der Waals surface area contributed by atoms with E-state index in [4.69, 9.17) is 4.74 Å². The Morgan fingerprint density at radius 2 is 2.06 bits per heavy atom. The standard InChI is InChI=1S/C14H22N2OSi/c1-12-6-5-7-14-13(12)10-15-16(14)11-17-8-9-18(2,3)4/h5-7,10H,8-9,11H2,1-4H3. The molecule has 0 saturated heterocycles. The van der Waals surface area contributed by atoms with Crippen molar-refractivity contribution in [2.24, 2.45) is 0 Å². The third-order valence-corrected chi connectivity index (χ3v) is 4.82. The van der Waals surface area contributed by atoms with Gasteiger partial charge in [0, 0.05) is 20.1 Å². The minimum Gasteiger partial charge on any atom is -0.360 e. The van der Waals surface area contributed by atoms with Crippen LogP contribution in [0.4, 0.5) is 0 Å². The summed E-state index contributed by atoms with van der Waals surface area (Å²) in [6.45, 7) is 10.6. The third kappa shape index (κ3) is 3.20. The van der Waals surface area contributed by atoms with Crippen LogP contribution < -0.4 is 0 Å². The first kappa shape index (κ1) is 13.3. The van der Waals surface area contributed by atoms with Crippen molar-refractivity contribution in [1.29, 1.82) is 0 Å². The summed E-state index contributed by atoms with van der Waals surface area (Å²) in [6, 6.07) is 7.47. The first-order valence-corrected chi connectivity index (χ1v) is 10.2. The Hall–Kier alpha value is -1.13. The Kier molecular flexibility index (Phi) is 3.87. The maximum Gasteiger partial charge on any atom is 0.139 e. The lowest BCUT2D eigenvalue weighted by Crippen LogP contribution is -2.22. The van der Waals surface area contributed by atoms with Gasteiger partial charge >= 0.3 is 0 Å². The van der Waals surface area contributed by atoms with E-state index in [9.17, 15) is 0 Å². The Labute approximate surface area is 110 Å². The molecular weight excluding hydrogens is 240 g/mol. The molecule has 2 aromatic rings. The Morgan fingerprint density at radius 1 is 1.28 bits per heavy atom. The number of aromatic nitrogens is 2. The van der Waals surface area contributed by atoms with Crippen molar-refractivity contribution in [2.45, 2.75) is 39.3 Å². The van der Waals surface area contributed by atoms with E-state index in [1.54, 1.807) is 0 Å². The van der Waals surface area contributed by atoms with E-state index in [-0.39, 0.29) is 0 Å². The van der Waals surface area contributed by atoms with Gasteiger partial charge in [0.05, 0.1) is 11.7 Å². The molecule has 0 aliphatic rings. The first-order chi connectivity index (χ1) is 8.47. The Bertz CT molecular complexity index is 528. The van der Waals surface area contributed by atoms with Gasteiger partial charge in [-0.25, -0.2) is 4.68 Å². The van der Waals surface area contributed by atoms with Crippen LogP contribution in [0.25, 0.3) is 10.9 Å². The second-order valence-corrected chi connectivity index (χ2v) is 11.6. The van der Waals surface area contributed by atoms with E-state index < -0.39 is 8.07 Å². The number of hydrogen-bond donors (Lipinski definition) is 0. The molecule has 4 heteroatoms. The van der Waals surface area contributed by atoms with Gasteiger partial charge in [-0.2, -0.15) is 5.10 Å². The van der Waals surface area contributed by atoms with Crippen molar-refractivity contribution in [1.82, 2.24) is 9.78 Å². The van der Waals surface area contributed by atoms with Gasteiger partial charge in [0.25, 0.3) is 0 Å². The summed E-state index contributed by atoms with van der Waals surface area (Å²) in [5, 5.41) is 5.61. The van der Waals surface area contributed by atoms with Crippen molar-refractivity contribution in [3.63, 3.8) is 0 Å². The molecule has 0 fully saturated rings. The van der Waals surface area contributed by atoms with E-state index in [1.807, 2.05) is 10.9 Å². The quantitative estimate of drug-likeness (QED) is 0.607. The molecule has 1 aromatic heterocycles. The number of fused-ring (bicyclic) bond motifs is 1. The van der Waals surface area contributed by atoms with Gasteiger partial charge in [-0.3, -0.25) is 0 Å². The molecule has 18 heavy (non-hydrogen) atoms. The summed E-state index contributed by atoms with van der Waals surface area (Å²) >= 11 is 0. The van der Waals surface area contributed by atoms with Crippen LogP contribution >= 0.6 is 0 Å². The predicted octanol–water partition coefficient (Wildman–Crippen LogP) is 3.66. The number of hydrogen-bond acceptors (Lipinski definition) is 2. The lowest BCUT2D eigenvalue weighted by molar-refractivity contribution is 0.0817. The van der Waals surface area contributed by atoms with Gasteiger partial charge in [0.2, 0.25) is 0 Å². The molecule has 1 heterocycles. The normalized spacial score (nSPS) is 12.2. The van der Waals surface area contributed by atoms with Crippen molar-refractivity contribution < 1.29 is 4.74 Å². The average Bonchev–Trinajstić information content (AvgIpc) is 2.68. The highest BCUT2D eigenvalue weighted by Crippen LogP contribution is 2.17. The molecule has 0 unspecified atom stereocenters. The lowest BCUT2D eigenvalue weighted by atomic mass is 10.1. The fourth-order valence-electron chi connectivity index (χ4n) is 1.88. The van der Waals surface area contributed by atoms with Crippen LogP contribution in [-0.4, -0.2) is 24.5 Å². The van der Waals surface area contributed by atoms with Gasteiger partial charge in [-0.05, 0) is 24.6 Å². The van der Waals surface area contributed by atoms with E-state index in [1.165, 1.54) is 17.0 Å². The Morgan fingerprint density at radius 3 is 2.78 bits per heavy atom. The van der Waals surface area contributed by atoms with Crippen molar-refractivity contribution >= 4 is 19.0 Å². The number of benzene rings is 1. The van der Waals surface area contributed by atoms with Crippen LogP contribution in [0.15, 0.2) is 24.4 Å². The molecule has 1 aromatic carbocycles. The number of ether oxygens (including phenoxy) is 1. The smallest absolute Gasteiger partial charge is 0.139 e. The van der Waals surface area contributed by atoms with Crippen molar-refractivity contribution in [3.8, 4) is 0 Å². The summed E-state index contributed by atoms with van der Waals surface area (Å²) < 4.78 is 7.67. The molecule has 0 aliphatic heterocycles. The topological polar surface area (TPSA) is 27.1 Å². The third-order valence-electron chi connectivity index (χ3n) is 3.12. The highest BCUT2D eigenvalue weighted by atomic mass is 28.3. The zero-order valence-corrected chi connectivity index (χ0v) is 12.7. The summed E-state index contributed by atoms with van der Waals surface area (Å²) in [7, 11) is -0.997. The van der Waals surface area contributed by atoms with Crippen LogP contribution in [0.1, 0.15) is 5.56 Å². The molecule has 2 rings (SSSR count). The van der Waals surface area contributed by atoms with Crippen LogP contribution in [-0.2, 0) is 11.5 Å². The maximum atomic E-state index is 5.74. The number of aryl methyl sites for hydroxylation is 1. The molecule has 0 bridgehead atoms. The molecule has 0 atom stereocenters. The molecule has 0 amide bonds. The molecule has 0 radical (unpaired) electrons. The molecule has 3 nitrogen and oxygen atoms in total. The minimum absolute atomic E-state index is 0.553. The van der Waals surface area contributed by atoms with E-state index in [0.29, 0.717) is 6.73 Å². The second-order valence-electron chi connectivity index (χ2n) is 6.00. The van der Waals surface area contributed by atoms with Gasteiger partial charge in [0.1, 0.15) is 6.73 Å². The summed E-state index contributed by atoms with van der Waals surface area (Å²) in [5.74, 6) is 0. The van der Waals surface area contributed by atoms with E-state index in [2.05, 4.69) is 49.9 Å². The largest absolute Gasteiger partial charge is 0.360 e. The maximum absolute atomic E-state index is 5.74. The second kappa shape index (κ2) is 5.24. The molecule has 0 aliphatic carbocycles. The zero-order valence-electron chi connectivity index (χ0n) is 11.7. The number of nitrogens with zero attached hydrogens (tertiary/aromatic N) is 2. The van der Waals surface area contributed by atoms with E-state index >= 15 is 0 Å². The van der Waals surface area contributed by atoms with E-state index in [0.717, 1.165) is 12.1 Å². The zero-order chi connectivity index (χ0) is 13.2. The predicted molar refractivity (Wildman–Crippen MR) is 78.6 cm³/mol. The molecule has 98 valence electrons. The fraction of sp³-hybridized carbons (Fsp3) is 0.500. The van der Waals surface area contributed by atoms with Crippen LogP contribution in [0.5, 0.6) is 0 Å². The van der Waals surface area contributed by atoms with Gasteiger partial charge in [-0.15, -0.1) is 0 Å². The van der Waals surface area contributed by atoms with Gasteiger partial charge < -0.3 is 4.74 Å². The van der Waals surface area contributed by atoms with Crippen LogP contribution in [0.3, 0.4) is 0 Å². The van der Waals surface area contributed by atoms with Crippen LogP contribution in [0.2, 0.25) is 25.7 Å². The van der Waals surface area contributed by atoms with Crippen molar-refractivity contribution in [2.75, 3.05) is 6.61 Å². The number of rotatable bonds is 5. The highest BCUT2D eigenvalue weighted by molar-refractivity contribution is 6.76. The highest BCUT2D eigenvalue weighted by Gasteiger charge is 2.12. The Balaban J connectivity index is 1.98. The van der Waals surface area contributed by atoms with Crippen molar-refractivity contribution in [3.05, 3.63) is 30.0 Å². The summed E-state index contributed by atoms with van der Waals surface area (Å²) in [4.78, 5) is 0. The SMILES string of the molecule is Cc1cccc2c1cnn2COCC[Si](C)(C)C. The van der Waals surface area contributed by atoms with Crippen LogP contribution in [0, 0.1) is 6.92 Å². The molecular formula is C14H22N2OSi. The average molecular weight is 262 g/mol. The lowest BCUT2D eigenvalue weighted by Gasteiger charge is -2.15. The summed E-state index contributed by atoms with van der Waals surface area (Å²) in [6.07, 6.45) is 1.92. The molecule has 0 saturated carbocycles. The van der Waals surface area contributed by atoms with Gasteiger partial charge in [-0.1, -0.05) is 31.8 Å². The van der Waals surface area contributed by atoms with Gasteiger partial charge in [0.15, 0.2) is 0 Å². The summed E-state index contributed by atoms with van der Waals surface area (Å²) in [5.41, 5.74) is 2.42. The minimum atomic E-state index is -0.997. The monoisotopic (exact) mass is 262 g/mol. The molecule has 0 spiro atoms. The molecule has 0 N–H and O–H groups in total. The fourth-order valence-corrected chi connectivity index (χ4v) is 2.64.